The first-order valence-electron chi connectivity index (χ1n) is 12.8. The van der Waals surface area contributed by atoms with Gasteiger partial charge in [0.1, 0.15) is 0 Å². The van der Waals surface area contributed by atoms with E-state index in [1.807, 2.05) is 0 Å². The Bertz CT molecular complexity index is 691. The Kier molecular flexibility index (Phi) is 4.92. The lowest BCUT2D eigenvalue weighted by Gasteiger charge is -2.58. The van der Waals surface area contributed by atoms with Gasteiger partial charge in [0, 0.05) is 18.4 Å². The minimum absolute atomic E-state index is 0.0431. The molecule has 0 radical (unpaired) electrons. The lowest BCUT2D eigenvalue weighted by atomic mass is 9.47. The van der Waals surface area contributed by atoms with Crippen LogP contribution in [0.15, 0.2) is 11.6 Å². The van der Waals surface area contributed by atoms with Gasteiger partial charge in [0.15, 0.2) is 12.1 Å². The van der Waals surface area contributed by atoms with Crippen molar-refractivity contribution in [3.05, 3.63) is 11.6 Å². The van der Waals surface area contributed by atoms with Crippen LogP contribution >= 0.6 is 0 Å². The van der Waals surface area contributed by atoms with Crippen LogP contribution in [0.5, 0.6) is 0 Å². The second-order valence-corrected chi connectivity index (χ2v) is 11.5. The van der Waals surface area contributed by atoms with Crippen molar-refractivity contribution in [1.82, 2.24) is 0 Å². The zero-order chi connectivity index (χ0) is 20.4. The van der Waals surface area contributed by atoms with E-state index in [9.17, 15) is 0 Å². The molecule has 4 nitrogen and oxygen atoms in total. The molecule has 0 amide bonds. The van der Waals surface area contributed by atoms with Gasteiger partial charge in [0.05, 0.1) is 19.3 Å². The van der Waals surface area contributed by atoms with E-state index in [0.717, 1.165) is 56.8 Å². The molecule has 2 saturated heterocycles. The van der Waals surface area contributed by atoms with Crippen molar-refractivity contribution < 1.29 is 18.9 Å². The average Bonchev–Trinajstić information content (AvgIpc) is 3.35. The van der Waals surface area contributed by atoms with Gasteiger partial charge in [-0.15, -0.1) is 0 Å². The summed E-state index contributed by atoms with van der Waals surface area (Å²) in [4.78, 5) is 0. The molecule has 30 heavy (non-hydrogen) atoms. The maximum Gasteiger partial charge on any atom is 0.174 e. The minimum atomic E-state index is -0.279. The van der Waals surface area contributed by atoms with Gasteiger partial charge in [-0.3, -0.25) is 0 Å². The summed E-state index contributed by atoms with van der Waals surface area (Å²) in [6.07, 6.45) is 16.3. The molecule has 4 heteroatoms. The van der Waals surface area contributed by atoms with Crippen LogP contribution in [0.3, 0.4) is 0 Å². The highest BCUT2D eigenvalue weighted by molar-refractivity contribution is 5.26. The third-order valence-electron chi connectivity index (χ3n) is 10.3. The Morgan fingerprint density at radius 1 is 0.900 bits per heavy atom. The predicted octanol–water partition coefficient (Wildman–Crippen LogP) is 5.60. The van der Waals surface area contributed by atoms with Gasteiger partial charge in [-0.2, -0.15) is 0 Å². The van der Waals surface area contributed by atoms with Crippen molar-refractivity contribution in [2.75, 3.05) is 19.8 Å². The normalized spacial score (nSPS) is 49.9. The number of ether oxygens (including phenoxy) is 4. The molecule has 0 N–H and O–H groups in total. The molecule has 1 spiro atoms. The van der Waals surface area contributed by atoms with E-state index in [-0.39, 0.29) is 17.5 Å². The van der Waals surface area contributed by atoms with E-state index in [4.69, 9.17) is 18.9 Å². The van der Waals surface area contributed by atoms with E-state index in [1.54, 1.807) is 5.57 Å². The molecule has 1 unspecified atom stereocenters. The van der Waals surface area contributed by atoms with E-state index in [1.165, 1.54) is 51.4 Å². The predicted molar refractivity (Wildman–Crippen MR) is 115 cm³/mol. The molecule has 0 aromatic heterocycles. The highest BCUT2D eigenvalue weighted by Gasteiger charge is 2.66. The molecular formula is C26H40O4. The number of hydrogen-bond donors (Lipinski definition) is 0. The minimum Gasteiger partial charge on any atom is -0.353 e. The second-order valence-electron chi connectivity index (χ2n) is 11.5. The second kappa shape index (κ2) is 7.30. The highest BCUT2D eigenvalue weighted by Crippen LogP contribution is 2.68. The van der Waals surface area contributed by atoms with Crippen LogP contribution in [0.4, 0.5) is 0 Å². The molecule has 3 saturated carbocycles. The Labute approximate surface area is 182 Å². The molecule has 0 aromatic carbocycles. The van der Waals surface area contributed by atoms with Crippen molar-refractivity contribution in [2.45, 2.75) is 103 Å². The standard InChI is InChI=1S/C26H40O4/c1-24-11-8-19(30-23-5-3-4-14-27-23)17-18(24)6-7-20-21(24)9-12-25(2)22(20)10-13-26(25)28-15-16-29-26/h6,19-23H,3-5,7-17H2,1-2H3/t19-,20+,21-,22-,23?,24-,25-/m0/s1. The molecule has 5 fully saturated rings. The zero-order valence-corrected chi connectivity index (χ0v) is 19.0. The first-order chi connectivity index (χ1) is 14.5. The molecule has 168 valence electrons. The molecule has 7 atom stereocenters. The summed E-state index contributed by atoms with van der Waals surface area (Å²) in [5.74, 6) is 2.08. The van der Waals surface area contributed by atoms with E-state index < -0.39 is 0 Å². The van der Waals surface area contributed by atoms with Crippen LogP contribution in [0.2, 0.25) is 0 Å². The number of fused-ring (bicyclic) bond motifs is 6. The smallest absolute Gasteiger partial charge is 0.174 e. The maximum atomic E-state index is 6.41. The van der Waals surface area contributed by atoms with Gasteiger partial charge >= 0.3 is 0 Å². The summed E-state index contributed by atoms with van der Waals surface area (Å²) in [6.45, 7) is 7.51. The Morgan fingerprint density at radius 3 is 2.53 bits per heavy atom. The quantitative estimate of drug-likeness (QED) is 0.549. The highest BCUT2D eigenvalue weighted by atomic mass is 16.7. The zero-order valence-electron chi connectivity index (χ0n) is 19.0. The number of allylic oxidation sites excluding steroid dienone is 1. The Hall–Kier alpha value is -0.420. The summed E-state index contributed by atoms with van der Waals surface area (Å²) in [7, 11) is 0. The third-order valence-corrected chi connectivity index (χ3v) is 10.3. The van der Waals surface area contributed by atoms with Gasteiger partial charge in [-0.05, 0) is 87.4 Å². The molecular weight excluding hydrogens is 376 g/mol. The Balaban J connectivity index is 1.20. The monoisotopic (exact) mass is 416 g/mol. The van der Waals surface area contributed by atoms with Crippen LogP contribution < -0.4 is 0 Å². The van der Waals surface area contributed by atoms with Crippen molar-refractivity contribution in [1.29, 1.82) is 0 Å². The van der Waals surface area contributed by atoms with Gasteiger partial charge in [-0.25, -0.2) is 0 Å². The van der Waals surface area contributed by atoms with Gasteiger partial charge in [-0.1, -0.05) is 25.5 Å². The largest absolute Gasteiger partial charge is 0.353 e. The van der Waals surface area contributed by atoms with E-state index >= 15 is 0 Å². The average molecular weight is 417 g/mol. The van der Waals surface area contributed by atoms with Gasteiger partial charge in [0.25, 0.3) is 0 Å². The first-order valence-corrected chi connectivity index (χ1v) is 12.8. The maximum absolute atomic E-state index is 6.41. The van der Waals surface area contributed by atoms with Crippen LogP contribution in [0.25, 0.3) is 0 Å². The number of rotatable bonds is 2. The lowest BCUT2D eigenvalue weighted by Crippen LogP contribution is -2.55. The summed E-state index contributed by atoms with van der Waals surface area (Å²) in [6, 6.07) is 0. The van der Waals surface area contributed by atoms with Crippen LogP contribution in [0.1, 0.15) is 84.5 Å². The summed E-state index contributed by atoms with van der Waals surface area (Å²) >= 11 is 0. The third kappa shape index (κ3) is 2.86. The molecule has 6 rings (SSSR count). The topological polar surface area (TPSA) is 36.9 Å². The molecule has 2 heterocycles. The van der Waals surface area contributed by atoms with E-state index in [0.29, 0.717) is 11.5 Å². The number of hydrogen-bond acceptors (Lipinski definition) is 4. The molecule has 2 aliphatic heterocycles. The fourth-order valence-corrected chi connectivity index (χ4v) is 8.66. The summed E-state index contributed by atoms with van der Waals surface area (Å²) < 4.78 is 24.9. The molecule has 0 bridgehead atoms. The van der Waals surface area contributed by atoms with Gasteiger partial charge in [0.2, 0.25) is 0 Å². The van der Waals surface area contributed by atoms with Crippen LogP contribution in [-0.2, 0) is 18.9 Å². The SMILES string of the molecule is C[C@]12CC[C@H](OC3CCCCO3)CC1=CC[C@@H]1[C@@H]2CC[C@@]2(C)[C@H]1CCC21OCCO1. The van der Waals surface area contributed by atoms with Crippen molar-refractivity contribution in [3.8, 4) is 0 Å². The first kappa shape index (κ1) is 20.2. The Morgan fingerprint density at radius 2 is 1.73 bits per heavy atom. The summed E-state index contributed by atoms with van der Waals surface area (Å²) in [5.41, 5.74) is 2.26. The van der Waals surface area contributed by atoms with Crippen LogP contribution in [0, 0.1) is 28.6 Å². The summed E-state index contributed by atoms with van der Waals surface area (Å²) in [5, 5.41) is 0. The van der Waals surface area contributed by atoms with Crippen LogP contribution in [-0.4, -0.2) is 38.0 Å². The fraction of sp³-hybridized carbons (Fsp3) is 0.923. The molecule has 0 aromatic rings. The fourth-order valence-electron chi connectivity index (χ4n) is 8.66. The van der Waals surface area contributed by atoms with Crippen molar-refractivity contribution >= 4 is 0 Å². The van der Waals surface area contributed by atoms with E-state index in [2.05, 4.69) is 19.9 Å². The van der Waals surface area contributed by atoms with Crippen molar-refractivity contribution in [2.24, 2.45) is 28.6 Å². The molecule has 6 aliphatic rings. The van der Waals surface area contributed by atoms with Gasteiger partial charge < -0.3 is 18.9 Å². The van der Waals surface area contributed by atoms with Crippen molar-refractivity contribution in [3.63, 3.8) is 0 Å². The molecule has 4 aliphatic carbocycles. The lowest BCUT2D eigenvalue weighted by molar-refractivity contribution is -0.242.